The molecule has 0 amide bonds. The number of piperidine rings is 1. The molecule has 8 nitrogen and oxygen atoms in total. The Hall–Kier alpha value is -2.78. The number of ether oxygens (including phenoxy) is 1. The summed E-state index contributed by atoms with van der Waals surface area (Å²) in [5.74, 6) is 1.23. The first-order valence-corrected chi connectivity index (χ1v) is 10.5. The molecule has 28 heavy (non-hydrogen) atoms. The quantitative estimate of drug-likeness (QED) is 0.654. The highest BCUT2D eigenvalue weighted by atomic mass is 32.2. The average Bonchev–Trinajstić information content (AvgIpc) is 3.24. The summed E-state index contributed by atoms with van der Waals surface area (Å²) in [6, 6.07) is 16.1. The van der Waals surface area contributed by atoms with E-state index in [0.717, 1.165) is 18.5 Å². The van der Waals surface area contributed by atoms with Crippen molar-refractivity contribution in [3.63, 3.8) is 0 Å². The first-order valence-electron chi connectivity index (χ1n) is 9.07. The van der Waals surface area contributed by atoms with Gasteiger partial charge in [0.25, 0.3) is 0 Å². The number of nitrogens with zero attached hydrogens (tertiary/aromatic N) is 5. The summed E-state index contributed by atoms with van der Waals surface area (Å²) in [5, 5.41) is 12.1. The Kier molecular flexibility index (Phi) is 5.10. The average molecular weight is 399 g/mol. The van der Waals surface area contributed by atoms with E-state index < -0.39 is 10.0 Å². The third-order valence-electron chi connectivity index (χ3n) is 4.94. The fourth-order valence-corrected chi connectivity index (χ4v) is 4.99. The van der Waals surface area contributed by atoms with Crippen molar-refractivity contribution in [2.45, 2.75) is 23.7 Å². The van der Waals surface area contributed by atoms with Gasteiger partial charge in [-0.15, -0.1) is 5.10 Å². The molecule has 1 unspecified atom stereocenters. The Balaban J connectivity index is 1.59. The van der Waals surface area contributed by atoms with Gasteiger partial charge in [-0.05, 0) is 59.7 Å². The molecule has 0 spiro atoms. The van der Waals surface area contributed by atoms with E-state index in [2.05, 4.69) is 15.5 Å². The van der Waals surface area contributed by atoms with Crippen LogP contribution in [0.4, 0.5) is 0 Å². The van der Waals surface area contributed by atoms with E-state index in [-0.39, 0.29) is 10.8 Å². The van der Waals surface area contributed by atoms with E-state index in [1.165, 1.54) is 4.31 Å². The van der Waals surface area contributed by atoms with E-state index in [9.17, 15) is 8.42 Å². The topological polar surface area (TPSA) is 90.2 Å². The molecule has 0 aliphatic carbocycles. The molecular formula is C19H21N5O3S. The van der Waals surface area contributed by atoms with Crippen molar-refractivity contribution in [2.75, 3.05) is 20.2 Å². The normalized spacial score (nSPS) is 18.1. The van der Waals surface area contributed by atoms with Crippen LogP contribution in [0.5, 0.6) is 5.75 Å². The van der Waals surface area contributed by atoms with Crippen molar-refractivity contribution in [1.29, 1.82) is 0 Å². The van der Waals surface area contributed by atoms with Crippen molar-refractivity contribution in [3.8, 4) is 11.4 Å². The molecule has 2 aromatic carbocycles. The minimum atomic E-state index is -3.59. The molecule has 1 aliphatic rings. The number of methoxy groups -OCH3 is 1. The molecule has 1 fully saturated rings. The monoisotopic (exact) mass is 399 g/mol. The van der Waals surface area contributed by atoms with Gasteiger partial charge in [0.2, 0.25) is 10.0 Å². The molecule has 1 aromatic heterocycles. The lowest BCUT2D eigenvalue weighted by atomic mass is 9.99. The van der Waals surface area contributed by atoms with Crippen LogP contribution < -0.4 is 4.74 Å². The Morgan fingerprint density at radius 1 is 1.07 bits per heavy atom. The molecule has 1 aliphatic heterocycles. The summed E-state index contributed by atoms with van der Waals surface area (Å²) < 4.78 is 34.5. The smallest absolute Gasteiger partial charge is 0.243 e. The van der Waals surface area contributed by atoms with Crippen molar-refractivity contribution in [1.82, 2.24) is 24.5 Å². The van der Waals surface area contributed by atoms with E-state index in [0.29, 0.717) is 24.7 Å². The van der Waals surface area contributed by atoms with Crippen LogP contribution in [0, 0.1) is 0 Å². The maximum absolute atomic E-state index is 13.1. The number of hydrogen-bond donors (Lipinski definition) is 0. The van der Waals surface area contributed by atoms with Gasteiger partial charge in [-0.3, -0.25) is 0 Å². The van der Waals surface area contributed by atoms with Crippen LogP contribution in [-0.2, 0) is 10.0 Å². The van der Waals surface area contributed by atoms with Gasteiger partial charge in [-0.2, -0.15) is 8.99 Å². The lowest BCUT2D eigenvalue weighted by molar-refractivity contribution is 0.306. The number of rotatable bonds is 5. The van der Waals surface area contributed by atoms with Crippen molar-refractivity contribution in [2.24, 2.45) is 0 Å². The molecule has 0 bridgehead atoms. The van der Waals surface area contributed by atoms with Gasteiger partial charge < -0.3 is 4.74 Å². The van der Waals surface area contributed by atoms with E-state index in [1.54, 1.807) is 36.1 Å². The predicted octanol–water partition coefficient (Wildman–Crippen LogP) is 2.24. The van der Waals surface area contributed by atoms with Gasteiger partial charge in [-0.1, -0.05) is 18.2 Å². The predicted molar refractivity (Wildman–Crippen MR) is 103 cm³/mol. The van der Waals surface area contributed by atoms with Gasteiger partial charge in [0, 0.05) is 19.0 Å². The summed E-state index contributed by atoms with van der Waals surface area (Å²) in [4.78, 5) is 0.261. The number of tetrazole rings is 1. The third-order valence-corrected chi connectivity index (χ3v) is 6.82. The molecule has 1 atom stereocenters. The molecule has 3 aromatic rings. The van der Waals surface area contributed by atoms with E-state index in [4.69, 9.17) is 4.74 Å². The van der Waals surface area contributed by atoms with E-state index in [1.807, 2.05) is 30.3 Å². The van der Waals surface area contributed by atoms with Crippen molar-refractivity contribution in [3.05, 3.63) is 60.4 Å². The highest BCUT2D eigenvalue weighted by Gasteiger charge is 2.33. The SMILES string of the molecule is COc1ccc(S(=O)(=O)N2CCCC(c3nnnn3-c3ccccc3)C2)cc1. The molecular weight excluding hydrogens is 378 g/mol. The zero-order valence-corrected chi connectivity index (χ0v) is 16.3. The zero-order chi connectivity index (χ0) is 19.6. The molecule has 0 radical (unpaired) electrons. The number of para-hydroxylation sites is 1. The Morgan fingerprint density at radius 2 is 1.82 bits per heavy atom. The van der Waals surface area contributed by atoms with Crippen LogP contribution in [0.2, 0.25) is 0 Å². The lowest BCUT2D eigenvalue weighted by Gasteiger charge is -2.31. The molecule has 0 N–H and O–H groups in total. The largest absolute Gasteiger partial charge is 0.497 e. The highest BCUT2D eigenvalue weighted by Crippen LogP contribution is 2.30. The molecule has 2 heterocycles. The number of aromatic nitrogens is 4. The van der Waals surface area contributed by atoms with Gasteiger partial charge in [0.15, 0.2) is 5.82 Å². The van der Waals surface area contributed by atoms with Crippen LogP contribution in [0.1, 0.15) is 24.6 Å². The molecule has 1 saturated heterocycles. The first-order chi connectivity index (χ1) is 13.6. The number of hydrogen-bond acceptors (Lipinski definition) is 6. The Labute approximate surface area is 163 Å². The molecule has 9 heteroatoms. The summed E-state index contributed by atoms with van der Waals surface area (Å²) in [6.45, 7) is 0.833. The fourth-order valence-electron chi connectivity index (χ4n) is 3.47. The summed E-state index contributed by atoms with van der Waals surface area (Å²) in [5.41, 5.74) is 0.859. The summed E-state index contributed by atoms with van der Waals surface area (Å²) in [7, 11) is -2.04. The van der Waals surface area contributed by atoms with Gasteiger partial charge in [0.1, 0.15) is 5.75 Å². The minimum absolute atomic E-state index is 0.0722. The third kappa shape index (κ3) is 3.50. The molecule has 4 rings (SSSR count). The maximum Gasteiger partial charge on any atom is 0.243 e. The Bertz CT molecular complexity index is 1030. The maximum atomic E-state index is 13.1. The summed E-state index contributed by atoms with van der Waals surface area (Å²) >= 11 is 0. The summed E-state index contributed by atoms with van der Waals surface area (Å²) in [6.07, 6.45) is 1.59. The number of sulfonamides is 1. The van der Waals surface area contributed by atoms with Crippen LogP contribution in [0.15, 0.2) is 59.5 Å². The van der Waals surface area contributed by atoms with Gasteiger partial charge >= 0.3 is 0 Å². The van der Waals surface area contributed by atoms with Crippen LogP contribution in [0.25, 0.3) is 5.69 Å². The standard InChI is InChI=1S/C19H21N5O3S/c1-27-17-9-11-18(12-10-17)28(25,26)23-13-5-6-15(14-23)19-20-21-22-24(19)16-7-3-2-4-8-16/h2-4,7-12,15H,5-6,13-14H2,1H3. The fraction of sp³-hybridized carbons (Fsp3) is 0.316. The lowest BCUT2D eigenvalue weighted by Crippen LogP contribution is -2.39. The second kappa shape index (κ2) is 7.69. The minimum Gasteiger partial charge on any atom is -0.497 e. The van der Waals surface area contributed by atoms with Gasteiger partial charge in [-0.25, -0.2) is 8.42 Å². The highest BCUT2D eigenvalue weighted by molar-refractivity contribution is 7.89. The first kappa shape index (κ1) is 18.6. The Morgan fingerprint density at radius 3 is 2.54 bits per heavy atom. The zero-order valence-electron chi connectivity index (χ0n) is 15.5. The van der Waals surface area contributed by atoms with E-state index >= 15 is 0 Å². The van der Waals surface area contributed by atoms with Crippen LogP contribution in [-0.4, -0.2) is 53.1 Å². The van der Waals surface area contributed by atoms with Crippen LogP contribution >= 0.6 is 0 Å². The van der Waals surface area contributed by atoms with Crippen molar-refractivity contribution < 1.29 is 13.2 Å². The number of benzene rings is 2. The second-order valence-electron chi connectivity index (χ2n) is 6.66. The van der Waals surface area contributed by atoms with Gasteiger partial charge in [0.05, 0.1) is 17.7 Å². The second-order valence-corrected chi connectivity index (χ2v) is 8.60. The molecule has 146 valence electrons. The molecule has 0 saturated carbocycles. The van der Waals surface area contributed by atoms with Crippen LogP contribution in [0.3, 0.4) is 0 Å². The van der Waals surface area contributed by atoms with Crippen molar-refractivity contribution >= 4 is 10.0 Å².